The summed E-state index contributed by atoms with van der Waals surface area (Å²) in [5.74, 6) is 0.831. The first kappa shape index (κ1) is 8.60. The van der Waals surface area contributed by atoms with Gasteiger partial charge in [-0.25, -0.2) is 0 Å². The Morgan fingerprint density at radius 3 is 2.46 bits per heavy atom. The quantitative estimate of drug-likeness (QED) is 0.755. The number of hydrogen-bond donors (Lipinski definition) is 1. The van der Waals surface area contributed by atoms with Crippen molar-refractivity contribution in [1.29, 1.82) is 0 Å². The van der Waals surface area contributed by atoms with Gasteiger partial charge in [0.15, 0.2) is 0 Å². The van der Waals surface area contributed by atoms with Crippen LogP contribution in [0.5, 0.6) is 0 Å². The van der Waals surface area contributed by atoms with Gasteiger partial charge in [0.25, 0.3) is 0 Å². The summed E-state index contributed by atoms with van der Waals surface area (Å²) in [5.41, 5.74) is 8.82. The van der Waals surface area contributed by atoms with Crippen LogP contribution in [0, 0.1) is 19.8 Å². The fourth-order valence-corrected chi connectivity index (χ4v) is 1.85. The Morgan fingerprint density at radius 2 is 2.08 bits per heavy atom. The highest BCUT2D eigenvalue weighted by Crippen LogP contribution is 2.40. The van der Waals surface area contributed by atoms with Crippen LogP contribution in [0.25, 0.3) is 0 Å². The Bertz CT molecular complexity index is 323. The van der Waals surface area contributed by atoms with Crippen molar-refractivity contribution in [3.05, 3.63) is 11.4 Å². The molecule has 1 aromatic rings. The number of aryl methyl sites for hydroxylation is 1. The summed E-state index contributed by atoms with van der Waals surface area (Å²) in [6.45, 7) is 6.25. The topological polar surface area (TPSA) is 43.8 Å². The number of rotatable bonds is 2. The molecule has 1 fully saturated rings. The molecule has 1 heterocycles. The third-order valence-electron chi connectivity index (χ3n) is 3.07. The molecule has 3 nitrogen and oxygen atoms in total. The van der Waals surface area contributed by atoms with Gasteiger partial charge in [0, 0.05) is 0 Å². The molecule has 1 saturated carbocycles. The second-order valence-corrected chi connectivity index (χ2v) is 4.11. The Balaban J connectivity index is 2.33. The molecule has 1 unspecified atom stereocenters. The maximum atomic E-state index is 5.88. The zero-order valence-electron chi connectivity index (χ0n) is 8.54. The second kappa shape index (κ2) is 2.76. The van der Waals surface area contributed by atoms with Crippen LogP contribution in [0.15, 0.2) is 0 Å². The Labute approximate surface area is 78.9 Å². The van der Waals surface area contributed by atoms with Crippen molar-refractivity contribution < 1.29 is 0 Å². The van der Waals surface area contributed by atoms with Crippen LogP contribution in [0.4, 0.5) is 5.69 Å². The predicted octanol–water partition coefficient (Wildman–Crippen LogP) is 2.05. The Hall–Kier alpha value is -0.990. The molecular weight excluding hydrogens is 162 g/mol. The van der Waals surface area contributed by atoms with E-state index in [0.717, 1.165) is 23.0 Å². The molecule has 2 rings (SSSR count). The first-order valence-electron chi connectivity index (χ1n) is 4.92. The molecule has 3 heteroatoms. The van der Waals surface area contributed by atoms with E-state index in [4.69, 9.17) is 5.73 Å². The van der Waals surface area contributed by atoms with Crippen molar-refractivity contribution in [2.24, 2.45) is 5.92 Å². The third-order valence-corrected chi connectivity index (χ3v) is 3.07. The van der Waals surface area contributed by atoms with Crippen molar-refractivity contribution in [2.75, 3.05) is 5.73 Å². The molecular formula is C10H17N3. The summed E-state index contributed by atoms with van der Waals surface area (Å²) in [6, 6.07) is 0.524. The lowest BCUT2D eigenvalue weighted by atomic mass is 10.2. The van der Waals surface area contributed by atoms with Gasteiger partial charge in [-0.3, -0.25) is 4.68 Å². The molecule has 1 atom stereocenters. The first-order valence-corrected chi connectivity index (χ1v) is 4.92. The number of nitrogens with two attached hydrogens (primary N) is 1. The van der Waals surface area contributed by atoms with E-state index in [9.17, 15) is 0 Å². The van der Waals surface area contributed by atoms with Crippen LogP contribution in [-0.4, -0.2) is 9.78 Å². The van der Waals surface area contributed by atoms with Crippen molar-refractivity contribution in [2.45, 2.75) is 39.7 Å². The summed E-state index contributed by atoms with van der Waals surface area (Å²) in [4.78, 5) is 0. The number of hydrogen-bond acceptors (Lipinski definition) is 2. The maximum absolute atomic E-state index is 5.88. The molecule has 13 heavy (non-hydrogen) atoms. The molecule has 0 amide bonds. The molecule has 0 saturated heterocycles. The molecule has 72 valence electrons. The molecule has 0 radical (unpaired) electrons. The minimum atomic E-state index is 0.524. The summed E-state index contributed by atoms with van der Waals surface area (Å²) in [5, 5.41) is 4.46. The summed E-state index contributed by atoms with van der Waals surface area (Å²) in [6.07, 6.45) is 2.69. The van der Waals surface area contributed by atoms with E-state index >= 15 is 0 Å². The van der Waals surface area contributed by atoms with Gasteiger partial charge in [-0.15, -0.1) is 0 Å². The molecule has 1 aromatic heterocycles. The van der Waals surface area contributed by atoms with Crippen molar-refractivity contribution in [3.8, 4) is 0 Å². The summed E-state index contributed by atoms with van der Waals surface area (Å²) in [7, 11) is 0. The number of nitrogen functional groups attached to an aromatic ring is 1. The minimum Gasteiger partial charge on any atom is -0.396 e. The van der Waals surface area contributed by atoms with Crippen LogP contribution < -0.4 is 5.73 Å². The van der Waals surface area contributed by atoms with Crippen LogP contribution in [0.2, 0.25) is 0 Å². The molecule has 1 aliphatic carbocycles. The number of aromatic nitrogens is 2. The van der Waals surface area contributed by atoms with Crippen molar-refractivity contribution >= 4 is 5.69 Å². The van der Waals surface area contributed by atoms with E-state index in [1.54, 1.807) is 0 Å². The summed E-state index contributed by atoms with van der Waals surface area (Å²) < 4.78 is 2.09. The zero-order valence-corrected chi connectivity index (χ0v) is 8.54. The molecule has 0 aromatic carbocycles. The van der Waals surface area contributed by atoms with Gasteiger partial charge < -0.3 is 5.73 Å². The average molecular weight is 179 g/mol. The van der Waals surface area contributed by atoms with E-state index in [2.05, 4.69) is 16.7 Å². The van der Waals surface area contributed by atoms with Crippen molar-refractivity contribution in [3.63, 3.8) is 0 Å². The van der Waals surface area contributed by atoms with Crippen LogP contribution >= 0.6 is 0 Å². The minimum absolute atomic E-state index is 0.524. The monoisotopic (exact) mass is 179 g/mol. The summed E-state index contributed by atoms with van der Waals surface area (Å²) >= 11 is 0. The molecule has 1 aliphatic rings. The number of anilines is 1. The smallest absolute Gasteiger partial charge is 0.0826 e. The lowest BCUT2D eigenvalue weighted by Crippen LogP contribution is -2.10. The molecule has 0 aliphatic heterocycles. The lowest BCUT2D eigenvalue weighted by molar-refractivity contribution is 0.429. The second-order valence-electron chi connectivity index (χ2n) is 4.11. The molecule has 0 spiro atoms. The van der Waals surface area contributed by atoms with E-state index in [-0.39, 0.29) is 0 Å². The highest BCUT2D eigenvalue weighted by molar-refractivity contribution is 5.47. The van der Waals surface area contributed by atoms with E-state index < -0.39 is 0 Å². The highest BCUT2D eigenvalue weighted by atomic mass is 15.3. The van der Waals surface area contributed by atoms with Gasteiger partial charge in [0.1, 0.15) is 0 Å². The van der Waals surface area contributed by atoms with E-state index in [0.29, 0.717) is 6.04 Å². The van der Waals surface area contributed by atoms with E-state index in [1.807, 2.05) is 13.8 Å². The maximum Gasteiger partial charge on any atom is 0.0826 e. The van der Waals surface area contributed by atoms with Gasteiger partial charge in [-0.2, -0.15) is 5.10 Å². The van der Waals surface area contributed by atoms with Gasteiger partial charge in [0.05, 0.1) is 23.1 Å². The van der Waals surface area contributed by atoms with Crippen LogP contribution in [-0.2, 0) is 0 Å². The predicted molar refractivity (Wildman–Crippen MR) is 53.5 cm³/mol. The Kier molecular flexibility index (Phi) is 1.82. The fraction of sp³-hybridized carbons (Fsp3) is 0.700. The van der Waals surface area contributed by atoms with Crippen LogP contribution in [0.1, 0.15) is 37.2 Å². The van der Waals surface area contributed by atoms with E-state index in [1.165, 1.54) is 12.8 Å². The van der Waals surface area contributed by atoms with Gasteiger partial charge in [-0.05, 0) is 39.5 Å². The standard InChI is InChI=1S/C10H17N3/c1-6-10(11)8(3)13(12-6)7(2)9-4-5-9/h7,9H,4-5,11H2,1-3H3. The molecule has 2 N–H and O–H groups in total. The first-order chi connectivity index (χ1) is 6.11. The normalized spacial score (nSPS) is 19.0. The third kappa shape index (κ3) is 1.32. The highest BCUT2D eigenvalue weighted by Gasteiger charge is 2.30. The van der Waals surface area contributed by atoms with Crippen LogP contribution in [0.3, 0.4) is 0 Å². The van der Waals surface area contributed by atoms with Gasteiger partial charge in [-0.1, -0.05) is 0 Å². The van der Waals surface area contributed by atoms with Crippen molar-refractivity contribution in [1.82, 2.24) is 9.78 Å². The number of nitrogens with zero attached hydrogens (tertiary/aromatic N) is 2. The molecule has 0 bridgehead atoms. The largest absolute Gasteiger partial charge is 0.396 e. The Morgan fingerprint density at radius 1 is 1.46 bits per heavy atom. The van der Waals surface area contributed by atoms with Gasteiger partial charge >= 0.3 is 0 Å². The average Bonchev–Trinajstić information content (AvgIpc) is 2.89. The fourth-order valence-electron chi connectivity index (χ4n) is 1.85. The zero-order chi connectivity index (χ0) is 9.59. The van der Waals surface area contributed by atoms with Gasteiger partial charge in [0.2, 0.25) is 0 Å². The SMILES string of the molecule is Cc1nn(C(C)C2CC2)c(C)c1N. The lowest BCUT2D eigenvalue weighted by Gasteiger charge is -2.12.